The molecule has 1 heterocycles. The Hall–Kier alpha value is -2.93. The van der Waals surface area contributed by atoms with Crippen LogP contribution >= 0.6 is 0 Å². The molecule has 0 aliphatic heterocycles. The summed E-state index contributed by atoms with van der Waals surface area (Å²) in [6.45, 7) is 1.48. The number of aliphatic carboxylic acids is 2. The van der Waals surface area contributed by atoms with E-state index < -0.39 is 11.9 Å². The van der Waals surface area contributed by atoms with Gasteiger partial charge in [0.05, 0.1) is 12.9 Å². The molecule has 2 aromatic rings. The molecule has 24 heavy (non-hydrogen) atoms. The number of aryl methyl sites for hydroxylation is 1. The minimum absolute atomic E-state index is 0.558. The van der Waals surface area contributed by atoms with Crippen molar-refractivity contribution in [3.8, 4) is 0 Å². The zero-order valence-electron chi connectivity index (χ0n) is 13.1. The quantitative estimate of drug-likeness (QED) is 0.505. The van der Waals surface area contributed by atoms with Crippen LogP contribution in [-0.4, -0.2) is 38.7 Å². The number of nitrogens with zero attached hydrogens (tertiary/aromatic N) is 1. The highest BCUT2D eigenvalue weighted by atomic mass is 16.5. The van der Waals surface area contributed by atoms with E-state index in [-0.39, 0.29) is 0 Å². The molecule has 0 fully saturated rings. The number of aromatic amines is 1. The second-order valence-corrected chi connectivity index (χ2v) is 4.73. The van der Waals surface area contributed by atoms with Crippen molar-refractivity contribution in [1.82, 2.24) is 9.97 Å². The molecule has 0 radical (unpaired) electrons. The van der Waals surface area contributed by atoms with Crippen LogP contribution in [0.2, 0.25) is 0 Å². The molecule has 0 saturated carbocycles. The van der Waals surface area contributed by atoms with Gasteiger partial charge in [0.15, 0.2) is 0 Å². The van der Waals surface area contributed by atoms with Crippen LogP contribution in [0.5, 0.6) is 0 Å². The van der Waals surface area contributed by atoms with Crippen molar-refractivity contribution >= 4 is 11.9 Å². The Bertz CT molecular complexity index is 608. The summed E-state index contributed by atoms with van der Waals surface area (Å²) in [6, 6.07) is 10.2. The highest BCUT2D eigenvalue weighted by Crippen LogP contribution is 2.02. The van der Waals surface area contributed by atoms with Gasteiger partial charge in [-0.3, -0.25) is 0 Å². The first-order valence-corrected chi connectivity index (χ1v) is 7.31. The van der Waals surface area contributed by atoms with Gasteiger partial charge >= 0.3 is 11.9 Å². The first-order valence-electron chi connectivity index (χ1n) is 7.31. The molecule has 0 aliphatic rings. The van der Waals surface area contributed by atoms with Crippen molar-refractivity contribution in [2.45, 2.75) is 19.4 Å². The zero-order chi connectivity index (χ0) is 17.6. The fourth-order valence-corrected chi connectivity index (χ4v) is 1.69. The molecule has 1 aromatic carbocycles. The largest absolute Gasteiger partial charge is 0.478 e. The number of carbonyl (C=O) groups is 2. The summed E-state index contributed by atoms with van der Waals surface area (Å²) in [5.74, 6) is -2.51. The van der Waals surface area contributed by atoms with Crippen molar-refractivity contribution in [2.24, 2.45) is 0 Å². The number of rotatable bonds is 8. The number of carboxylic acid groups (broad SMARTS) is 2. The molecule has 3 N–H and O–H groups in total. The minimum Gasteiger partial charge on any atom is -0.478 e. The molecule has 7 nitrogen and oxygen atoms in total. The monoisotopic (exact) mass is 332 g/mol. The molecule has 128 valence electrons. The average Bonchev–Trinajstić information content (AvgIpc) is 3.08. The molecular weight excluding hydrogens is 312 g/mol. The maximum atomic E-state index is 9.55. The van der Waals surface area contributed by atoms with E-state index in [9.17, 15) is 9.59 Å². The van der Waals surface area contributed by atoms with Crippen molar-refractivity contribution in [3.05, 3.63) is 66.3 Å². The first kappa shape index (κ1) is 19.1. The van der Waals surface area contributed by atoms with Gasteiger partial charge in [-0.05, 0) is 18.4 Å². The third kappa shape index (κ3) is 9.91. The van der Waals surface area contributed by atoms with Gasteiger partial charge in [-0.15, -0.1) is 0 Å². The Morgan fingerprint density at radius 2 is 1.79 bits per heavy atom. The summed E-state index contributed by atoms with van der Waals surface area (Å²) in [7, 11) is 0. The number of H-pyrrole nitrogens is 1. The summed E-state index contributed by atoms with van der Waals surface area (Å²) in [5.41, 5.74) is 2.40. The third-order valence-electron chi connectivity index (χ3n) is 2.77. The number of aromatic nitrogens is 2. The number of hydrogen-bond acceptors (Lipinski definition) is 4. The Kier molecular flexibility index (Phi) is 9.25. The molecule has 0 aliphatic carbocycles. The van der Waals surface area contributed by atoms with Gasteiger partial charge in [0.1, 0.15) is 0 Å². The lowest BCUT2D eigenvalue weighted by molar-refractivity contribution is -0.134. The number of nitrogens with one attached hydrogen (secondary N) is 1. The van der Waals surface area contributed by atoms with Crippen LogP contribution in [0.1, 0.15) is 17.7 Å². The van der Waals surface area contributed by atoms with Crippen molar-refractivity contribution in [1.29, 1.82) is 0 Å². The van der Waals surface area contributed by atoms with E-state index in [0.29, 0.717) is 18.8 Å². The van der Waals surface area contributed by atoms with E-state index in [1.54, 1.807) is 6.33 Å². The lowest BCUT2D eigenvalue weighted by Crippen LogP contribution is -1.97. The highest BCUT2D eigenvalue weighted by Gasteiger charge is 1.95. The lowest BCUT2D eigenvalue weighted by Gasteiger charge is -2.03. The van der Waals surface area contributed by atoms with Crippen LogP contribution < -0.4 is 0 Å². The van der Waals surface area contributed by atoms with Gasteiger partial charge in [-0.2, -0.15) is 0 Å². The Balaban J connectivity index is 0.000000307. The fraction of sp³-hybridized carbons (Fsp3) is 0.235. The Morgan fingerprint density at radius 1 is 1.12 bits per heavy atom. The van der Waals surface area contributed by atoms with Crippen LogP contribution in [0.25, 0.3) is 0 Å². The summed E-state index contributed by atoms with van der Waals surface area (Å²) in [6.07, 6.45) is 6.70. The molecule has 0 bridgehead atoms. The third-order valence-corrected chi connectivity index (χ3v) is 2.77. The molecule has 0 atom stereocenters. The predicted molar refractivity (Wildman–Crippen MR) is 87.4 cm³/mol. The van der Waals surface area contributed by atoms with E-state index in [1.807, 2.05) is 24.4 Å². The highest BCUT2D eigenvalue weighted by molar-refractivity contribution is 5.89. The molecule has 2 rings (SSSR count). The topological polar surface area (TPSA) is 113 Å². The maximum Gasteiger partial charge on any atom is 0.328 e. The summed E-state index contributed by atoms with van der Waals surface area (Å²) in [4.78, 5) is 26.2. The van der Waals surface area contributed by atoms with Crippen molar-refractivity contribution in [3.63, 3.8) is 0 Å². The number of imidazole rings is 1. The fourth-order valence-electron chi connectivity index (χ4n) is 1.69. The smallest absolute Gasteiger partial charge is 0.328 e. The van der Waals surface area contributed by atoms with Gasteiger partial charge in [-0.25, -0.2) is 14.6 Å². The van der Waals surface area contributed by atoms with E-state index in [1.165, 1.54) is 11.3 Å². The Morgan fingerprint density at radius 3 is 2.33 bits per heavy atom. The summed E-state index contributed by atoms with van der Waals surface area (Å²) in [5, 5.41) is 15.6. The number of hydrogen-bond donors (Lipinski definition) is 3. The maximum absolute atomic E-state index is 9.55. The van der Waals surface area contributed by atoms with Gasteiger partial charge < -0.3 is 19.9 Å². The SMILES string of the molecule is O=C(O)/C=C\C(=O)O.c1ccc(COCCCc2cnc[nH]2)cc1. The number of ether oxygens (including phenoxy) is 1. The van der Waals surface area contributed by atoms with E-state index >= 15 is 0 Å². The molecule has 7 heteroatoms. The van der Waals surface area contributed by atoms with Crippen LogP contribution in [0.15, 0.2) is 55.0 Å². The summed E-state index contributed by atoms with van der Waals surface area (Å²) < 4.78 is 5.58. The van der Waals surface area contributed by atoms with Crippen LogP contribution in [0, 0.1) is 0 Å². The van der Waals surface area contributed by atoms with Gasteiger partial charge in [-0.1, -0.05) is 30.3 Å². The van der Waals surface area contributed by atoms with Gasteiger partial charge in [0, 0.05) is 30.6 Å². The van der Waals surface area contributed by atoms with Crippen LogP contribution in [0.3, 0.4) is 0 Å². The number of carboxylic acids is 2. The van der Waals surface area contributed by atoms with E-state index in [0.717, 1.165) is 19.4 Å². The second kappa shape index (κ2) is 11.6. The standard InChI is InChI=1S/C13H16N2O.C4H4O4/c1-2-5-12(6-3-1)10-16-8-4-7-13-9-14-11-15-13;5-3(6)1-2-4(7)8/h1-3,5-6,9,11H,4,7-8,10H2,(H,14,15);1-2H,(H,5,6)(H,7,8)/b;2-1-. The summed E-state index contributed by atoms with van der Waals surface area (Å²) >= 11 is 0. The average molecular weight is 332 g/mol. The van der Waals surface area contributed by atoms with Crippen LogP contribution in [0.4, 0.5) is 0 Å². The van der Waals surface area contributed by atoms with Crippen molar-refractivity contribution < 1.29 is 24.5 Å². The van der Waals surface area contributed by atoms with Gasteiger partial charge in [0.25, 0.3) is 0 Å². The molecule has 0 unspecified atom stereocenters. The second-order valence-electron chi connectivity index (χ2n) is 4.73. The van der Waals surface area contributed by atoms with Crippen LogP contribution in [-0.2, 0) is 27.4 Å². The molecule has 0 spiro atoms. The molecule has 1 aromatic heterocycles. The number of benzene rings is 1. The van der Waals surface area contributed by atoms with Crippen molar-refractivity contribution in [2.75, 3.05) is 6.61 Å². The first-order chi connectivity index (χ1) is 11.6. The lowest BCUT2D eigenvalue weighted by atomic mass is 10.2. The zero-order valence-corrected chi connectivity index (χ0v) is 13.1. The van der Waals surface area contributed by atoms with E-state index in [2.05, 4.69) is 22.1 Å². The van der Waals surface area contributed by atoms with E-state index in [4.69, 9.17) is 14.9 Å². The normalized spacial score (nSPS) is 10.2. The predicted octanol–water partition coefficient (Wildman–Crippen LogP) is 2.27. The molecule has 0 saturated heterocycles. The molecular formula is C17H20N2O5. The Labute approximate surface area is 139 Å². The minimum atomic E-state index is -1.26. The molecule has 0 amide bonds. The van der Waals surface area contributed by atoms with Gasteiger partial charge in [0.2, 0.25) is 0 Å².